The van der Waals surface area contributed by atoms with Crippen molar-refractivity contribution in [3.8, 4) is 5.75 Å². The monoisotopic (exact) mass is 283 g/mol. The standard InChI is InChI=1S/C12H13NO5S/c14-11-10(19-12(15)13-11)5-6-17-9-3-1-8(2-4-9)7-18-16/h1-4,10,16H,5-7H2,(H,13,14,15). The number of thioether (sulfide) groups is 1. The topological polar surface area (TPSA) is 84.9 Å². The van der Waals surface area contributed by atoms with E-state index >= 15 is 0 Å². The highest BCUT2D eigenvalue weighted by Crippen LogP contribution is 2.22. The molecule has 1 aromatic rings. The van der Waals surface area contributed by atoms with E-state index in [0.717, 1.165) is 17.3 Å². The van der Waals surface area contributed by atoms with Crippen molar-refractivity contribution in [2.75, 3.05) is 6.61 Å². The van der Waals surface area contributed by atoms with Gasteiger partial charge in [0.1, 0.15) is 12.4 Å². The van der Waals surface area contributed by atoms with Gasteiger partial charge < -0.3 is 4.74 Å². The minimum atomic E-state index is -0.366. The first-order chi connectivity index (χ1) is 9.19. The molecule has 1 aromatic carbocycles. The molecule has 1 atom stereocenters. The molecule has 0 aliphatic carbocycles. The van der Waals surface area contributed by atoms with Crippen LogP contribution < -0.4 is 10.1 Å². The van der Waals surface area contributed by atoms with Crippen LogP contribution >= 0.6 is 11.8 Å². The number of hydrogen-bond donors (Lipinski definition) is 2. The number of ether oxygens (including phenoxy) is 1. The third-order valence-electron chi connectivity index (χ3n) is 2.57. The Hall–Kier alpha value is -1.57. The van der Waals surface area contributed by atoms with Gasteiger partial charge in [-0.3, -0.25) is 20.2 Å². The van der Waals surface area contributed by atoms with Gasteiger partial charge >= 0.3 is 0 Å². The highest BCUT2D eigenvalue weighted by atomic mass is 32.2. The summed E-state index contributed by atoms with van der Waals surface area (Å²) >= 11 is 0.994. The maximum absolute atomic E-state index is 11.3. The lowest BCUT2D eigenvalue weighted by molar-refractivity contribution is -0.253. The summed E-state index contributed by atoms with van der Waals surface area (Å²) in [6, 6.07) is 7.04. The van der Waals surface area contributed by atoms with Crippen LogP contribution in [0, 0.1) is 0 Å². The second-order valence-electron chi connectivity index (χ2n) is 3.94. The lowest BCUT2D eigenvalue weighted by atomic mass is 10.2. The summed E-state index contributed by atoms with van der Waals surface area (Å²) < 4.78 is 5.48. The Morgan fingerprint density at radius 3 is 2.58 bits per heavy atom. The van der Waals surface area contributed by atoms with Crippen LogP contribution in [0.25, 0.3) is 0 Å². The number of carbonyl (C=O) groups is 2. The fourth-order valence-electron chi connectivity index (χ4n) is 1.62. The predicted octanol–water partition coefficient (Wildman–Crippen LogP) is 1.80. The molecule has 1 saturated heterocycles. The second kappa shape index (κ2) is 6.55. The molecule has 1 fully saturated rings. The minimum Gasteiger partial charge on any atom is -0.494 e. The summed E-state index contributed by atoms with van der Waals surface area (Å²) in [5.74, 6) is 0.408. The van der Waals surface area contributed by atoms with E-state index in [-0.39, 0.29) is 23.0 Å². The van der Waals surface area contributed by atoms with Gasteiger partial charge in [-0.1, -0.05) is 23.9 Å². The molecule has 1 unspecified atom stereocenters. The molecule has 7 heteroatoms. The highest BCUT2D eigenvalue weighted by Gasteiger charge is 2.31. The van der Waals surface area contributed by atoms with Crippen LogP contribution in [-0.4, -0.2) is 28.3 Å². The molecule has 0 bridgehead atoms. The Balaban J connectivity index is 1.76. The van der Waals surface area contributed by atoms with Crippen LogP contribution in [0.5, 0.6) is 5.75 Å². The molecular formula is C12H13NO5S. The Kier molecular flexibility index (Phi) is 4.78. The molecule has 0 radical (unpaired) electrons. The zero-order valence-electron chi connectivity index (χ0n) is 10.00. The molecule has 2 amide bonds. The van der Waals surface area contributed by atoms with Crippen LogP contribution in [0.2, 0.25) is 0 Å². The van der Waals surface area contributed by atoms with Gasteiger partial charge in [0.2, 0.25) is 5.91 Å². The summed E-state index contributed by atoms with van der Waals surface area (Å²) in [6.07, 6.45) is 0.476. The summed E-state index contributed by atoms with van der Waals surface area (Å²) in [5, 5.41) is 9.86. The number of hydrogen-bond acceptors (Lipinski definition) is 6. The number of amides is 2. The molecule has 6 nitrogen and oxygen atoms in total. The minimum absolute atomic E-state index is 0.126. The fourth-order valence-corrected chi connectivity index (χ4v) is 2.42. The van der Waals surface area contributed by atoms with Gasteiger partial charge in [-0.25, -0.2) is 4.89 Å². The van der Waals surface area contributed by atoms with E-state index in [1.165, 1.54) is 0 Å². The number of rotatable bonds is 6. The average Bonchev–Trinajstić information content (AvgIpc) is 2.71. The maximum Gasteiger partial charge on any atom is 0.286 e. The zero-order chi connectivity index (χ0) is 13.7. The van der Waals surface area contributed by atoms with E-state index in [9.17, 15) is 9.59 Å². The lowest BCUT2D eigenvalue weighted by Crippen LogP contribution is -2.25. The van der Waals surface area contributed by atoms with Crippen molar-refractivity contribution in [2.24, 2.45) is 0 Å². The van der Waals surface area contributed by atoms with Crippen LogP contribution in [0.4, 0.5) is 4.79 Å². The largest absolute Gasteiger partial charge is 0.494 e. The number of nitrogens with one attached hydrogen (secondary N) is 1. The molecule has 0 aromatic heterocycles. The van der Waals surface area contributed by atoms with Crippen LogP contribution in [0.3, 0.4) is 0 Å². The SMILES string of the molecule is O=C1NC(=O)C(CCOc2ccc(COO)cc2)S1. The van der Waals surface area contributed by atoms with Crippen molar-refractivity contribution in [3.63, 3.8) is 0 Å². The summed E-state index contributed by atoms with van der Waals surface area (Å²) in [7, 11) is 0. The Morgan fingerprint density at radius 2 is 2.00 bits per heavy atom. The van der Waals surface area contributed by atoms with E-state index < -0.39 is 0 Å². The Bertz CT molecular complexity index is 462. The molecule has 2 N–H and O–H groups in total. The molecule has 1 heterocycles. The number of benzene rings is 1. The van der Waals surface area contributed by atoms with Crippen molar-refractivity contribution < 1.29 is 24.5 Å². The lowest BCUT2D eigenvalue weighted by Gasteiger charge is -2.08. The molecule has 19 heavy (non-hydrogen) atoms. The fraction of sp³-hybridized carbons (Fsp3) is 0.333. The van der Waals surface area contributed by atoms with Gasteiger partial charge in [-0.2, -0.15) is 0 Å². The van der Waals surface area contributed by atoms with E-state index in [1.807, 2.05) is 0 Å². The first-order valence-electron chi connectivity index (χ1n) is 5.68. The van der Waals surface area contributed by atoms with Crippen molar-refractivity contribution in [3.05, 3.63) is 29.8 Å². The van der Waals surface area contributed by atoms with Crippen LogP contribution in [0.15, 0.2) is 24.3 Å². The van der Waals surface area contributed by atoms with Crippen LogP contribution in [0.1, 0.15) is 12.0 Å². The first-order valence-corrected chi connectivity index (χ1v) is 6.56. The third kappa shape index (κ3) is 3.95. The Morgan fingerprint density at radius 1 is 1.26 bits per heavy atom. The predicted molar refractivity (Wildman–Crippen MR) is 68.9 cm³/mol. The Labute approximate surface area is 114 Å². The van der Waals surface area contributed by atoms with E-state index in [1.54, 1.807) is 24.3 Å². The van der Waals surface area contributed by atoms with Crippen molar-refractivity contribution in [1.29, 1.82) is 0 Å². The van der Waals surface area contributed by atoms with Crippen molar-refractivity contribution in [2.45, 2.75) is 18.3 Å². The highest BCUT2D eigenvalue weighted by molar-refractivity contribution is 8.15. The second-order valence-corrected chi connectivity index (χ2v) is 5.11. The summed E-state index contributed by atoms with van der Waals surface area (Å²) in [6.45, 7) is 0.482. The van der Waals surface area contributed by atoms with Crippen molar-refractivity contribution in [1.82, 2.24) is 5.32 Å². The van der Waals surface area contributed by atoms with Gasteiger partial charge in [0.25, 0.3) is 5.24 Å². The molecule has 1 aliphatic heterocycles. The summed E-state index contributed by atoms with van der Waals surface area (Å²) in [4.78, 5) is 26.3. The molecule has 1 aliphatic rings. The van der Waals surface area contributed by atoms with E-state index in [4.69, 9.17) is 9.99 Å². The van der Waals surface area contributed by atoms with Gasteiger partial charge in [0.05, 0.1) is 11.9 Å². The van der Waals surface area contributed by atoms with E-state index in [2.05, 4.69) is 10.2 Å². The van der Waals surface area contributed by atoms with Crippen LogP contribution in [-0.2, 0) is 16.3 Å². The average molecular weight is 283 g/mol. The number of carbonyl (C=O) groups excluding carboxylic acids is 2. The number of imide groups is 1. The van der Waals surface area contributed by atoms with E-state index in [0.29, 0.717) is 18.8 Å². The molecule has 102 valence electrons. The smallest absolute Gasteiger partial charge is 0.286 e. The van der Waals surface area contributed by atoms with Gasteiger partial charge in [0, 0.05) is 6.42 Å². The van der Waals surface area contributed by atoms with Gasteiger partial charge in [0.15, 0.2) is 0 Å². The molecule has 2 rings (SSSR count). The molecule has 0 spiro atoms. The molecular weight excluding hydrogens is 270 g/mol. The zero-order valence-corrected chi connectivity index (χ0v) is 10.8. The quantitative estimate of drug-likeness (QED) is 0.611. The van der Waals surface area contributed by atoms with Crippen molar-refractivity contribution >= 4 is 22.9 Å². The summed E-state index contributed by atoms with van der Waals surface area (Å²) in [5.41, 5.74) is 0.825. The first kappa shape index (κ1) is 13.9. The molecule has 0 saturated carbocycles. The van der Waals surface area contributed by atoms with Gasteiger partial charge in [-0.15, -0.1) is 0 Å². The normalized spacial score (nSPS) is 18.5. The maximum atomic E-state index is 11.3. The van der Waals surface area contributed by atoms with Gasteiger partial charge in [-0.05, 0) is 17.7 Å². The third-order valence-corrected chi connectivity index (χ3v) is 3.62.